The smallest absolute Gasteiger partial charge is 0.325 e. The number of aryl methyl sites for hydroxylation is 4. The summed E-state index contributed by atoms with van der Waals surface area (Å²) in [7, 11) is -15.3. The normalized spacial score (nSPS) is 12.1. The van der Waals surface area contributed by atoms with Gasteiger partial charge in [-0.1, -0.05) is 12.1 Å². The van der Waals surface area contributed by atoms with Crippen LogP contribution in [0.4, 0.5) is 39.4 Å². The molecule has 0 aliphatic rings. The van der Waals surface area contributed by atoms with E-state index in [1.807, 2.05) is 0 Å². The van der Waals surface area contributed by atoms with Gasteiger partial charge in [-0.05, 0) is 94.3 Å². The van der Waals surface area contributed by atoms with E-state index in [-0.39, 0.29) is 78.4 Å². The largest absolute Gasteiger partial charge is 0.744 e. The second kappa shape index (κ2) is 19.5. The minimum absolute atomic E-state index is 0.0249. The summed E-state index contributed by atoms with van der Waals surface area (Å²) < 4.78 is 146. The molecule has 6 amide bonds. The average molecular weight is 1120 g/mol. The first-order chi connectivity index (χ1) is 35.3. The minimum Gasteiger partial charge on any atom is -0.744 e. The Labute approximate surface area is 430 Å². The molecule has 76 heavy (non-hydrogen) atoms. The number of fused-ring (bicyclic) bond motifs is 2. The van der Waals surface area contributed by atoms with Gasteiger partial charge in [0, 0.05) is 64.4 Å². The molecule has 0 unspecified atom stereocenters. The number of rotatable bonds is 14. The molecule has 396 valence electrons. The summed E-state index contributed by atoms with van der Waals surface area (Å²) in [5.74, 6) is -1.96. The Balaban J connectivity index is 0.867. The van der Waals surface area contributed by atoms with Crippen LogP contribution in [0, 0.1) is 0 Å². The van der Waals surface area contributed by atoms with Crippen LogP contribution in [0.25, 0.3) is 21.5 Å². The number of hydrogen-bond donors (Lipinski definition) is 6. The average Bonchev–Trinajstić information content (AvgIpc) is 4.09. The lowest BCUT2D eigenvalue weighted by Crippen LogP contribution is -2.22. The van der Waals surface area contributed by atoms with E-state index in [9.17, 15) is 75.9 Å². The van der Waals surface area contributed by atoms with Gasteiger partial charge in [-0.3, -0.25) is 29.8 Å². The summed E-state index contributed by atoms with van der Waals surface area (Å²) in [6, 6.07) is 15.4. The molecule has 0 bridgehead atoms. The number of carbonyl (C=O) groups excluding carboxylic acids is 5. The summed E-state index contributed by atoms with van der Waals surface area (Å²) in [4.78, 5) is 61.5. The van der Waals surface area contributed by atoms with Crippen molar-refractivity contribution in [3.63, 3.8) is 0 Å². The number of aromatic nitrogens is 4. The zero-order valence-corrected chi connectivity index (χ0v) is 42.5. The predicted octanol–water partition coefficient (Wildman–Crippen LogP) is 3.62. The summed E-state index contributed by atoms with van der Waals surface area (Å²) in [6.45, 7) is 0. The van der Waals surface area contributed by atoms with E-state index in [2.05, 4.69) is 31.9 Å². The number of nitrogens with one attached hydrogen (secondary N) is 6. The van der Waals surface area contributed by atoms with Crippen LogP contribution in [0.2, 0.25) is 0 Å². The second-order valence-corrected chi connectivity index (χ2v) is 22.2. The number of amides is 6. The van der Waals surface area contributed by atoms with E-state index in [1.54, 1.807) is 14.1 Å². The Kier molecular flexibility index (Phi) is 13.8. The summed E-state index contributed by atoms with van der Waals surface area (Å²) in [6.07, 6.45) is 5.61. The van der Waals surface area contributed by atoms with Crippen molar-refractivity contribution in [2.45, 2.75) is 19.6 Å². The molecular formula is C45H36N10O17S4-4. The van der Waals surface area contributed by atoms with Crippen molar-refractivity contribution in [2.24, 2.45) is 28.2 Å². The molecule has 4 aromatic carbocycles. The number of anilines is 6. The highest BCUT2D eigenvalue weighted by Gasteiger charge is 2.22. The van der Waals surface area contributed by atoms with Gasteiger partial charge in [0.2, 0.25) is 0 Å². The van der Waals surface area contributed by atoms with Crippen molar-refractivity contribution >= 4 is 126 Å². The number of urea groups is 1. The standard InChI is InChI=1S/C45H40N10O17S4/c1-52-19-27(41(56)46-31-7-5-23-11-33(73(61,62)63)35(75(67,68)69)13-25(23)9-31)15-37(52)48-43(58)29-17-39(54(3)21-29)50-45(60)51-40-18-30(22-55(40)4)44(59)49-38-16-28(20-53(38)2)42(57)47-32-8-6-24-12-34(74(64,65)66)36(76(70,71)72)14-26(24)10-32/h5-22H,1-4H3,(H,46,56)(H,47,57)(H,48,58)(H,49,59)(H2,50,51,60)(H,61,62,63)(H,64,65,66)(H,67,68,69)(H,70,71,72)/p-4. The zero-order chi connectivity index (χ0) is 55.6. The molecule has 4 heterocycles. The second-order valence-electron chi connectivity index (χ2n) is 16.8. The highest BCUT2D eigenvalue weighted by Crippen LogP contribution is 2.32. The molecule has 0 saturated carbocycles. The van der Waals surface area contributed by atoms with E-state index in [0.29, 0.717) is 0 Å². The van der Waals surface area contributed by atoms with E-state index in [0.717, 1.165) is 24.3 Å². The molecule has 0 atom stereocenters. The van der Waals surface area contributed by atoms with Crippen LogP contribution in [0.1, 0.15) is 41.4 Å². The molecule has 0 saturated heterocycles. The number of hydrogen-bond acceptors (Lipinski definition) is 17. The predicted molar refractivity (Wildman–Crippen MR) is 266 cm³/mol. The number of carbonyl (C=O) groups is 5. The lowest BCUT2D eigenvalue weighted by Gasteiger charge is -2.17. The van der Waals surface area contributed by atoms with Crippen molar-refractivity contribution in [3.8, 4) is 0 Å². The van der Waals surface area contributed by atoms with E-state index in [1.165, 1.54) is 118 Å². The third-order valence-electron chi connectivity index (χ3n) is 11.4. The Morgan fingerprint density at radius 1 is 0.342 bits per heavy atom. The molecule has 0 radical (unpaired) electrons. The fourth-order valence-electron chi connectivity index (χ4n) is 7.75. The van der Waals surface area contributed by atoms with Crippen LogP contribution in [0.3, 0.4) is 0 Å². The highest BCUT2D eigenvalue weighted by molar-refractivity contribution is 7.89. The first kappa shape index (κ1) is 53.6. The maximum absolute atomic E-state index is 13.4. The van der Waals surface area contributed by atoms with Gasteiger partial charge in [0.1, 0.15) is 63.7 Å². The maximum atomic E-state index is 13.4. The van der Waals surface area contributed by atoms with Gasteiger partial charge in [0.05, 0.1) is 41.8 Å². The van der Waals surface area contributed by atoms with Gasteiger partial charge in [-0.2, -0.15) is 0 Å². The van der Waals surface area contributed by atoms with Gasteiger partial charge in [0.25, 0.3) is 23.6 Å². The molecule has 0 fully saturated rings. The van der Waals surface area contributed by atoms with Crippen molar-refractivity contribution in [3.05, 3.63) is 132 Å². The van der Waals surface area contributed by atoms with Crippen LogP contribution in [0.15, 0.2) is 129 Å². The third kappa shape index (κ3) is 11.5. The Hall–Kier alpha value is -8.69. The Morgan fingerprint density at radius 2 is 0.592 bits per heavy atom. The Bertz CT molecular complexity index is 4020. The van der Waals surface area contributed by atoms with Crippen molar-refractivity contribution in [1.29, 1.82) is 0 Å². The third-order valence-corrected chi connectivity index (χ3v) is 15.2. The summed E-state index contributed by atoms with van der Waals surface area (Å²) >= 11 is 0. The van der Waals surface area contributed by atoms with Crippen LogP contribution in [-0.4, -0.2) is 99.8 Å². The molecule has 27 nitrogen and oxygen atoms in total. The van der Waals surface area contributed by atoms with E-state index in [4.69, 9.17) is 0 Å². The fraction of sp³-hybridized carbons (Fsp3) is 0.0889. The number of nitrogens with zero attached hydrogens (tertiary/aromatic N) is 4. The molecule has 0 spiro atoms. The molecule has 6 N–H and O–H groups in total. The van der Waals surface area contributed by atoms with Crippen molar-refractivity contribution in [1.82, 2.24) is 18.3 Å². The molecule has 0 aliphatic heterocycles. The topological polar surface area (TPSA) is 406 Å². The van der Waals surface area contributed by atoms with Gasteiger partial charge in [-0.25, -0.2) is 38.5 Å². The molecule has 0 aliphatic carbocycles. The van der Waals surface area contributed by atoms with Gasteiger partial charge >= 0.3 is 6.03 Å². The Morgan fingerprint density at radius 3 is 0.868 bits per heavy atom. The van der Waals surface area contributed by atoms with Crippen molar-refractivity contribution < 1.29 is 75.9 Å². The van der Waals surface area contributed by atoms with E-state index < -0.39 is 89.7 Å². The summed E-state index contributed by atoms with van der Waals surface area (Å²) in [5, 5.41) is 16.0. The maximum Gasteiger partial charge on any atom is 0.325 e. The fourth-order valence-corrected chi connectivity index (χ4v) is 11.3. The highest BCUT2D eigenvalue weighted by atomic mass is 32.2. The molecule has 8 rings (SSSR count). The molecule has 8 aromatic rings. The van der Waals surface area contributed by atoms with Crippen LogP contribution < -0.4 is 31.9 Å². The van der Waals surface area contributed by atoms with Gasteiger partial charge in [0.15, 0.2) is 0 Å². The van der Waals surface area contributed by atoms with Crippen molar-refractivity contribution in [2.75, 3.05) is 31.9 Å². The van der Waals surface area contributed by atoms with Crippen LogP contribution in [-0.2, 0) is 68.7 Å². The molecular weight excluding hydrogens is 1080 g/mol. The number of benzene rings is 4. The minimum atomic E-state index is -5.38. The van der Waals surface area contributed by atoms with Crippen LogP contribution >= 0.6 is 0 Å². The van der Waals surface area contributed by atoms with Gasteiger partial charge < -0.3 is 57.7 Å². The first-order valence-corrected chi connectivity index (χ1v) is 26.9. The molecule has 4 aromatic heterocycles. The van der Waals surface area contributed by atoms with Crippen LogP contribution in [0.5, 0.6) is 0 Å². The zero-order valence-electron chi connectivity index (χ0n) is 39.3. The molecule has 31 heteroatoms. The van der Waals surface area contributed by atoms with E-state index >= 15 is 0 Å². The first-order valence-electron chi connectivity index (χ1n) is 21.3. The summed E-state index contributed by atoms with van der Waals surface area (Å²) in [5.41, 5.74) is 0.509. The monoisotopic (exact) mass is 1120 g/mol. The van der Waals surface area contributed by atoms with Gasteiger partial charge in [-0.15, -0.1) is 0 Å². The lowest BCUT2D eigenvalue weighted by molar-refractivity contribution is 0.101. The lowest BCUT2D eigenvalue weighted by atomic mass is 10.1. The SMILES string of the molecule is Cn1cc(C(=O)Nc2cc(C(=O)Nc3ccc4cc(S(=O)(=O)[O-])c(S(=O)(=O)[O-])cc4c3)cn2C)cc1NC(=O)Nc1cc(C(=O)Nc2cc(C(=O)Nc3ccc4cc(S(=O)(=O)[O-])c(S(=O)(=O)[O-])cc4c3)cn2C)cn1C. The quantitative estimate of drug-likeness (QED) is 0.0847.